The summed E-state index contributed by atoms with van der Waals surface area (Å²) in [6.45, 7) is 5.34. The van der Waals surface area contributed by atoms with E-state index < -0.39 is 15.9 Å². The number of ketones is 1. The molecule has 2 aliphatic carbocycles. The van der Waals surface area contributed by atoms with Crippen LogP contribution in [0.25, 0.3) is 27.8 Å². The zero-order valence-corrected chi connectivity index (χ0v) is 27.0. The maximum Gasteiger partial charge on any atom is 0.256 e. The van der Waals surface area contributed by atoms with E-state index in [0.29, 0.717) is 53.6 Å². The number of pyridine rings is 1. The van der Waals surface area contributed by atoms with Crippen LogP contribution in [0.1, 0.15) is 28.5 Å². The van der Waals surface area contributed by atoms with E-state index in [4.69, 9.17) is 4.98 Å². The summed E-state index contributed by atoms with van der Waals surface area (Å²) in [6, 6.07) is 24.2. The Labute approximate surface area is 272 Å². The van der Waals surface area contributed by atoms with Crippen LogP contribution >= 0.6 is 0 Å². The van der Waals surface area contributed by atoms with E-state index in [1.165, 1.54) is 33.9 Å². The van der Waals surface area contributed by atoms with Crippen molar-refractivity contribution in [3.8, 4) is 16.8 Å². The second-order valence-electron chi connectivity index (χ2n) is 11.6. The lowest BCUT2D eigenvalue weighted by molar-refractivity contribution is -0.118. The first kappa shape index (κ1) is 31.8. The SMILES string of the molecule is CC(=O)C1CNCCN1c1nc(C)c2ccc(=O)n(-c3ccc(C(=O)NCc4ccc(S(C)(=O)=O)cc4)cc3)c2n1.c1cc2ccc1-2. The second-order valence-corrected chi connectivity index (χ2v) is 13.6. The van der Waals surface area contributed by atoms with Crippen LogP contribution in [0.4, 0.5) is 5.95 Å². The summed E-state index contributed by atoms with van der Waals surface area (Å²) in [4.78, 5) is 49.6. The van der Waals surface area contributed by atoms with Crippen LogP contribution in [-0.4, -0.2) is 66.6 Å². The molecule has 11 nitrogen and oxygen atoms in total. The third-order valence-electron chi connectivity index (χ3n) is 8.31. The van der Waals surface area contributed by atoms with Gasteiger partial charge in [0.25, 0.3) is 11.5 Å². The molecule has 0 spiro atoms. The van der Waals surface area contributed by atoms with Gasteiger partial charge in [0.05, 0.1) is 16.3 Å². The van der Waals surface area contributed by atoms with Crippen molar-refractivity contribution in [2.24, 2.45) is 0 Å². The highest BCUT2D eigenvalue weighted by Crippen LogP contribution is 2.29. The van der Waals surface area contributed by atoms with Crippen molar-refractivity contribution in [3.05, 3.63) is 112 Å². The Bertz CT molecular complexity index is 2120. The molecular formula is C35H34N6O5S. The highest BCUT2D eigenvalue weighted by Gasteiger charge is 2.29. The van der Waals surface area contributed by atoms with Crippen LogP contribution < -0.4 is 21.1 Å². The van der Waals surface area contributed by atoms with Gasteiger partial charge in [-0.3, -0.25) is 19.0 Å². The van der Waals surface area contributed by atoms with Crippen LogP contribution in [0.2, 0.25) is 0 Å². The molecule has 1 amide bonds. The first-order valence-corrected chi connectivity index (χ1v) is 17.0. The molecule has 240 valence electrons. The third kappa shape index (κ3) is 6.69. The molecular weight excluding hydrogens is 616 g/mol. The van der Waals surface area contributed by atoms with Gasteiger partial charge in [0.15, 0.2) is 21.3 Å². The molecule has 0 saturated carbocycles. The average molecular weight is 651 g/mol. The molecule has 2 aromatic carbocycles. The third-order valence-corrected chi connectivity index (χ3v) is 9.44. The van der Waals surface area contributed by atoms with E-state index in [0.717, 1.165) is 11.8 Å². The first-order valence-electron chi connectivity index (χ1n) is 15.2. The normalized spacial score (nSPS) is 15.0. The van der Waals surface area contributed by atoms with Gasteiger partial charge in [-0.1, -0.05) is 36.4 Å². The van der Waals surface area contributed by atoms with Crippen molar-refractivity contribution in [1.82, 2.24) is 25.2 Å². The monoisotopic (exact) mass is 650 g/mol. The molecule has 1 aliphatic heterocycles. The number of amides is 1. The summed E-state index contributed by atoms with van der Waals surface area (Å²) < 4.78 is 24.8. The van der Waals surface area contributed by atoms with Crippen LogP contribution in [0, 0.1) is 6.92 Å². The molecule has 1 atom stereocenters. The van der Waals surface area contributed by atoms with Gasteiger partial charge in [-0.2, -0.15) is 4.98 Å². The zero-order valence-electron chi connectivity index (χ0n) is 26.2. The van der Waals surface area contributed by atoms with Gasteiger partial charge in [-0.25, -0.2) is 13.4 Å². The van der Waals surface area contributed by atoms with Crippen molar-refractivity contribution in [2.45, 2.75) is 31.3 Å². The fourth-order valence-corrected chi connectivity index (χ4v) is 6.13. The van der Waals surface area contributed by atoms with Gasteiger partial charge in [-0.05, 0) is 73.0 Å². The van der Waals surface area contributed by atoms with E-state index in [-0.39, 0.29) is 28.7 Å². The number of carbonyl (C=O) groups is 2. The van der Waals surface area contributed by atoms with E-state index in [1.54, 1.807) is 49.4 Å². The predicted octanol–water partition coefficient (Wildman–Crippen LogP) is 3.46. The van der Waals surface area contributed by atoms with Crippen molar-refractivity contribution in [2.75, 3.05) is 30.8 Å². The minimum absolute atomic E-state index is 0.00351. The average Bonchev–Trinajstić information content (AvgIpc) is 3.05. The molecule has 2 N–H and O–H groups in total. The number of Topliss-reactive ketones (excluding diaryl/α,β-unsaturated/α-hetero) is 1. The predicted molar refractivity (Wildman–Crippen MR) is 181 cm³/mol. The quantitative estimate of drug-likeness (QED) is 0.266. The molecule has 0 radical (unpaired) electrons. The molecule has 7 rings (SSSR count). The van der Waals surface area contributed by atoms with Crippen LogP contribution in [0.3, 0.4) is 0 Å². The fourth-order valence-electron chi connectivity index (χ4n) is 5.50. The van der Waals surface area contributed by atoms with E-state index in [9.17, 15) is 22.8 Å². The van der Waals surface area contributed by atoms with Crippen molar-refractivity contribution in [1.29, 1.82) is 0 Å². The fraction of sp³-hybridized carbons (Fsp3) is 0.229. The van der Waals surface area contributed by atoms with Crippen molar-refractivity contribution < 1.29 is 18.0 Å². The lowest BCUT2D eigenvalue weighted by Crippen LogP contribution is -2.55. The van der Waals surface area contributed by atoms with Crippen molar-refractivity contribution >= 4 is 38.5 Å². The summed E-state index contributed by atoms with van der Waals surface area (Å²) in [5, 5.41) is 6.75. The molecule has 47 heavy (non-hydrogen) atoms. The number of hydrogen-bond donors (Lipinski definition) is 2. The zero-order chi connectivity index (χ0) is 33.3. The Morgan fingerprint density at radius 3 is 2.15 bits per heavy atom. The number of hydrogen-bond acceptors (Lipinski definition) is 9. The molecule has 1 saturated heterocycles. The molecule has 1 fully saturated rings. The van der Waals surface area contributed by atoms with E-state index in [1.807, 2.05) is 11.8 Å². The Balaban J connectivity index is 0.000000570. The topological polar surface area (TPSA) is 143 Å². The Kier molecular flexibility index (Phi) is 8.71. The van der Waals surface area contributed by atoms with E-state index >= 15 is 0 Å². The number of sulfone groups is 1. The Hall–Kier alpha value is -5.20. The minimum atomic E-state index is -3.29. The largest absolute Gasteiger partial charge is 0.348 e. The maximum absolute atomic E-state index is 13.1. The summed E-state index contributed by atoms with van der Waals surface area (Å²) in [6.07, 6.45) is 1.14. The summed E-state index contributed by atoms with van der Waals surface area (Å²) in [5.74, 6) is 0.0730. The number of aromatic nitrogens is 3. The number of piperazine rings is 1. The molecule has 1 unspecified atom stereocenters. The smallest absolute Gasteiger partial charge is 0.256 e. The molecule has 12 heteroatoms. The number of anilines is 1. The van der Waals surface area contributed by atoms with Crippen molar-refractivity contribution in [3.63, 3.8) is 0 Å². The lowest BCUT2D eigenvalue weighted by atomic mass is 9.95. The van der Waals surface area contributed by atoms with Gasteiger partial charge in [0.1, 0.15) is 6.04 Å². The molecule has 3 aliphatic rings. The lowest BCUT2D eigenvalue weighted by Gasteiger charge is -2.34. The minimum Gasteiger partial charge on any atom is -0.348 e. The number of carbonyl (C=O) groups excluding carboxylic acids is 2. The van der Waals surface area contributed by atoms with Gasteiger partial charge in [0.2, 0.25) is 5.95 Å². The number of rotatable bonds is 7. The van der Waals surface area contributed by atoms with E-state index in [2.05, 4.69) is 39.9 Å². The standard InChI is InChI=1S/C29H30N6O5S.C6H4/c1-18-24-12-13-26(37)35(27(24)33-29(32-18)34-15-14-30-17-25(34)19(2)36)22-8-6-21(7-9-22)28(38)31-16-20-4-10-23(11-5-20)41(3,39)40;1-2-6-4-3-5(1)6/h4-13,25,30H,14-17H2,1-3H3,(H,31,38);1-4H. The van der Waals surface area contributed by atoms with Gasteiger partial charge < -0.3 is 15.5 Å². The van der Waals surface area contributed by atoms with Crippen LogP contribution in [0.5, 0.6) is 0 Å². The number of nitrogens with zero attached hydrogens (tertiary/aromatic N) is 4. The highest BCUT2D eigenvalue weighted by atomic mass is 32.2. The number of benzene rings is 3. The Morgan fingerprint density at radius 1 is 0.915 bits per heavy atom. The summed E-state index contributed by atoms with van der Waals surface area (Å²) in [5.41, 5.74) is 5.33. The maximum atomic E-state index is 13.1. The van der Waals surface area contributed by atoms with Crippen LogP contribution in [0.15, 0.2) is 94.6 Å². The van der Waals surface area contributed by atoms with Gasteiger partial charge >= 0.3 is 0 Å². The number of fused-ring (bicyclic) bond motifs is 2. The molecule has 3 heterocycles. The van der Waals surface area contributed by atoms with Crippen LogP contribution in [-0.2, 0) is 21.2 Å². The molecule has 4 aromatic rings. The molecule has 2 aromatic heterocycles. The number of aryl methyl sites for hydroxylation is 1. The Morgan fingerprint density at radius 2 is 1.57 bits per heavy atom. The highest BCUT2D eigenvalue weighted by molar-refractivity contribution is 7.90. The van der Waals surface area contributed by atoms with Gasteiger partial charge in [0, 0.05) is 49.5 Å². The summed E-state index contributed by atoms with van der Waals surface area (Å²) >= 11 is 0. The first-order chi connectivity index (χ1) is 22.5. The second kappa shape index (κ2) is 12.9. The van der Waals surface area contributed by atoms with Gasteiger partial charge in [-0.15, -0.1) is 0 Å². The molecule has 0 bridgehead atoms. The summed E-state index contributed by atoms with van der Waals surface area (Å²) in [7, 11) is -3.29. The number of nitrogens with one attached hydrogen (secondary N) is 2.